The normalized spacial score (nSPS) is 14.4. The Labute approximate surface area is 182 Å². The molecular weight excluding hydrogens is 398 g/mol. The fourth-order valence-corrected chi connectivity index (χ4v) is 3.72. The molecular formula is C23H29N3O5. The van der Waals surface area contributed by atoms with Gasteiger partial charge in [0, 0.05) is 37.9 Å². The van der Waals surface area contributed by atoms with Crippen molar-refractivity contribution in [2.75, 3.05) is 33.4 Å². The van der Waals surface area contributed by atoms with Gasteiger partial charge in [-0.25, -0.2) is 0 Å². The number of likely N-dealkylation sites (N-methyl/N-ethyl adjacent to an activating group) is 1. The molecule has 0 atom stereocenters. The number of nitrogens with zero attached hydrogens (tertiary/aromatic N) is 2. The molecule has 1 N–H and O–H groups in total. The molecule has 1 amide bonds. The Kier molecular flexibility index (Phi) is 7.97. The van der Waals surface area contributed by atoms with Crippen LogP contribution in [-0.2, 0) is 11.3 Å². The highest BCUT2D eigenvalue weighted by atomic mass is 16.6. The second kappa shape index (κ2) is 10.9. The standard InChI is InChI=1S/C23H29N3O5/c1-17-5-3-8-21(22(17)26(28)29)23(27)24-16-18-6-4-7-20(15-18)31-14-11-25(2)19-9-12-30-13-10-19/h3-8,15,19H,9-14,16H2,1-2H3,(H,24,27). The molecule has 3 rings (SSSR count). The van der Waals surface area contributed by atoms with E-state index in [-0.39, 0.29) is 17.8 Å². The summed E-state index contributed by atoms with van der Waals surface area (Å²) in [5.41, 5.74) is 1.22. The smallest absolute Gasteiger partial charge is 0.285 e. The summed E-state index contributed by atoms with van der Waals surface area (Å²) in [6.45, 7) is 4.89. The van der Waals surface area contributed by atoms with Gasteiger partial charge in [-0.2, -0.15) is 0 Å². The minimum atomic E-state index is -0.518. The maximum atomic E-state index is 12.5. The first kappa shape index (κ1) is 22.7. The molecule has 2 aromatic carbocycles. The molecule has 1 fully saturated rings. The van der Waals surface area contributed by atoms with E-state index in [1.165, 1.54) is 6.07 Å². The number of carbonyl (C=O) groups excluding carboxylic acids is 1. The number of benzene rings is 2. The summed E-state index contributed by atoms with van der Waals surface area (Å²) in [5, 5.41) is 14.1. The molecule has 1 aliphatic heterocycles. The van der Waals surface area contributed by atoms with E-state index in [4.69, 9.17) is 9.47 Å². The fraction of sp³-hybridized carbons (Fsp3) is 0.435. The number of carbonyl (C=O) groups is 1. The van der Waals surface area contributed by atoms with Crippen molar-refractivity contribution < 1.29 is 19.2 Å². The number of rotatable bonds is 9. The molecule has 2 aromatic rings. The second-order valence-corrected chi connectivity index (χ2v) is 7.73. The molecule has 0 aliphatic carbocycles. The van der Waals surface area contributed by atoms with Crippen LogP contribution >= 0.6 is 0 Å². The second-order valence-electron chi connectivity index (χ2n) is 7.73. The minimum Gasteiger partial charge on any atom is -0.492 e. The largest absolute Gasteiger partial charge is 0.492 e. The topological polar surface area (TPSA) is 93.9 Å². The van der Waals surface area contributed by atoms with Gasteiger partial charge in [-0.3, -0.25) is 19.8 Å². The molecule has 8 heteroatoms. The molecule has 31 heavy (non-hydrogen) atoms. The fourth-order valence-electron chi connectivity index (χ4n) is 3.72. The summed E-state index contributed by atoms with van der Waals surface area (Å²) in [6, 6.07) is 12.8. The Balaban J connectivity index is 1.52. The number of hydrogen-bond acceptors (Lipinski definition) is 6. The summed E-state index contributed by atoms with van der Waals surface area (Å²) in [7, 11) is 2.11. The summed E-state index contributed by atoms with van der Waals surface area (Å²) in [6.07, 6.45) is 2.09. The van der Waals surface area contributed by atoms with Crippen LogP contribution in [0.3, 0.4) is 0 Å². The Morgan fingerprint density at radius 2 is 2.00 bits per heavy atom. The molecule has 1 saturated heterocycles. The van der Waals surface area contributed by atoms with E-state index in [0.717, 1.165) is 43.9 Å². The van der Waals surface area contributed by atoms with Crippen molar-refractivity contribution >= 4 is 11.6 Å². The maximum absolute atomic E-state index is 12.5. The number of para-hydroxylation sites is 1. The summed E-state index contributed by atoms with van der Waals surface area (Å²) >= 11 is 0. The highest BCUT2D eigenvalue weighted by Gasteiger charge is 2.22. The zero-order valence-electron chi connectivity index (χ0n) is 18.0. The van der Waals surface area contributed by atoms with Gasteiger partial charge in [-0.05, 0) is 50.6 Å². The lowest BCUT2D eigenvalue weighted by molar-refractivity contribution is -0.385. The van der Waals surface area contributed by atoms with Gasteiger partial charge in [0.2, 0.25) is 0 Å². The number of nitrogens with one attached hydrogen (secondary N) is 1. The molecule has 166 valence electrons. The van der Waals surface area contributed by atoms with E-state index >= 15 is 0 Å². The van der Waals surface area contributed by atoms with E-state index in [9.17, 15) is 14.9 Å². The minimum absolute atomic E-state index is 0.0635. The lowest BCUT2D eigenvalue weighted by Gasteiger charge is -2.31. The van der Waals surface area contributed by atoms with E-state index in [1.807, 2.05) is 24.3 Å². The van der Waals surface area contributed by atoms with Gasteiger partial charge in [0.1, 0.15) is 17.9 Å². The molecule has 1 heterocycles. The number of hydrogen-bond donors (Lipinski definition) is 1. The first-order valence-corrected chi connectivity index (χ1v) is 10.5. The van der Waals surface area contributed by atoms with Crippen LogP contribution < -0.4 is 10.1 Å². The van der Waals surface area contributed by atoms with Crippen LogP contribution in [-0.4, -0.2) is 55.2 Å². The van der Waals surface area contributed by atoms with Crippen LogP contribution in [0.5, 0.6) is 5.75 Å². The molecule has 0 spiro atoms. The van der Waals surface area contributed by atoms with E-state index in [2.05, 4.69) is 17.3 Å². The summed E-state index contributed by atoms with van der Waals surface area (Å²) in [4.78, 5) is 25.6. The molecule has 0 unspecified atom stereocenters. The van der Waals surface area contributed by atoms with E-state index in [0.29, 0.717) is 18.2 Å². The van der Waals surface area contributed by atoms with Crippen LogP contribution in [0.1, 0.15) is 34.3 Å². The zero-order chi connectivity index (χ0) is 22.2. The molecule has 0 saturated carbocycles. The van der Waals surface area contributed by atoms with Crippen molar-refractivity contribution in [1.82, 2.24) is 10.2 Å². The average Bonchev–Trinajstić information content (AvgIpc) is 2.78. The SMILES string of the molecule is Cc1cccc(C(=O)NCc2cccc(OCCN(C)C3CCOCC3)c2)c1[N+](=O)[O-]. The van der Waals surface area contributed by atoms with Gasteiger partial charge in [-0.15, -0.1) is 0 Å². The van der Waals surface area contributed by atoms with Crippen molar-refractivity contribution in [3.8, 4) is 5.75 Å². The molecule has 0 aromatic heterocycles. The number of ether oxygens (including phenoxy) is 2. The number of nitro groups is 1. The lowest BCUT2D eigenvalue weighted by atomic mass is 10.1. The highest BCUT2D eigenvalue weighted by Crippen LogP contribution is 2.23. The Morgan fingerprint density at radius 1 is 1.26 bits per heavy atom. The first-order chi connectivity index (χ1) is 15.0. The van der Waals surface area contributed by atoms with Crippen LogP contribution in [0, 0.1) is 17.0 Å². The van der Waals surface area contributed by atoms with E-state index < -0.39 is 10.8 Å². The highest BCUT2D eigenvalue weighted by molar-refractivity contribution is 5.98. The van der Waals surface area contributed by atoms with Gasteiger partial charge >= 0.3 is 0 Å². The van der Waals surface area contributed by atoms with Crippen LogP contribution in [0.4, 0.5) is 5.69 Å². The Hall–Kier alpha value is -2.97. The van der Waals surface area contributed by atoms with Crippen molar-refractivity contribution in [1.29, 1.82) is 0 Å². The Bertz CT molecular complexity index is 912. The van der Waals surface area contributed by atoms with Gasteiger partial charge in [-0.1, -0.05) is 24.3 Å². The number of nitro benzene ring substituents is 1. The predicted octanol–water partition coefficient (Wildman–Crippen LogP) is 3.32. The van der Waals surface area contributed by atoms with Crippen LogP contribution in [0.15, 0.2) is 42.5 Å². The van der Waals surface area contributed by atoms with Gasteiger partial charge < -0.3 is 14.8 Å². The van der Waals surface area contributed by atoms with Crippen LogP contribution in [0.25, 0.3) is 0 Å². The van der Waals surface area contributed by atoms with Crippen molar-refractivity contribution in [2.45, 2.75) is 32.4 Å². The molecule has 1 aliphatic rings. The third-order valence-corrected chi connectivity index (χ3v) is 5.54. The van der Waals surface area contributed by atoms with Gasteiger partial charge in [0.25, 0.3) is 11.6 Å². The number of amides is 1. The number of aryl methyl sites for hydroxylation is 1. The van der Waals surface area contributed by atoms with Gasteiger partial charge in [0.05, 0.1) is 4.92 Å². The van der Waals surface area contributed by atoms with Crippen molar-refractivity contribution in [2.24, 2.45) is 0 Å². The summed E-state index contributed by atoms with van der Waals surface area (Å²) in [5.74, 6) is 0.258. The maximum Gasteiger partial charge on any atom is 0.285 e. The monoisotopic (exact) mass is 427 g/mol. The van der Waals surface area contributed by atoms with Crippen LogP contribution in [0.2, 0.25) is 0 Å². The molecule has 0 bridgehead atoms. The molecule has 0 radical (unpaired) electrons. The van der Waals surface area contributed by atoms with Gasteiger partial charge in [0.15, 0.2) is 0 Å². The quantitative estimate of drug-likeness (QED) is 0.487. The van der Waals surface area contributed by atoms with Crippen molar-refractivity contribution in [3.05, 3.63) is 69.3 Å². The first-order valence-electron chi connectivity index (χ1n) is 10.5. The van der Waals surface area contributed by atoms with E-state index in [1.54, 1.807) is 19.1 Å². The third kappa shape index (κ3) is 6.26. The Morgan fingerprint density at radius 3 is 2.74 bits per heavy atom. The zero-order valence-corrected chi connectivity index (χ0v) is 18.0. The molecule has 8 nitrogen and oxygen atoms in total. The third-order valence-electron chi connectivity index (χ3n) is 5.54. The predicted molar refractivity (Wildman–Crippen MR) is 117 cm³/mol. The average molecular weight is 428 g/mol. The van der Waals surface area contributed by atoms with Crippen molar-refractivity contribution in [3.63, 3.8) is 0 Å². The lowest BCUT2D eigenvalue weighted by Crippen LogP contribution is -2.38. The summed E-state index contributed by atoms with van der Waals surface area (Å²) < 4.78 is 11.3.